The van der Waals surface area contributed by atoms with Crippen molar-refractivity contribution < 1.29 is 23.1 Å². The summed E-state index contributed by atoms with van der Waals surface area (Å²) in [5.41, 5.74) is 0.929. The molecule has 0 atom stereocenters. The highest BCUT2D eigenvalue weighted by Gasteiger charge is 2.35. The summed E-state index contributed by atoms with van der Waals surface area (Å²) in [6.45, 7) is 5.75. The van der Waals surface area contributed by atoms with E-state index in [9.17, 15) is 18.3 Å². The third-order valence-electron chi connectivity index (χ3n) is 7.66. The molecule has 1 aromatic carbocycles. The Hall–Kier alpha value is -4.27. The Balaban J connectivity index is 1.48. The molecule has 10 nitrogen and oxygen atoms in total. The molecule has 4 aromatic rings. The SMILES string of the molecule is C#CCOc1cnc2c(c1)c(-c1cc(Cl)nc(NC3CCC(N(C(=O)O)C(C)(C)C)CC3)c1)cn2S(=O)(=O)c1ccccc1. The van der Waals surface area contributed by atoms with Crippen LogP contribution in [0.5, 0.6) is 5.75 Å². The number of aromatic nitrogens is 3. The van der Waals surface area contributed by atoms with Crippen LogP contribution in [0.15, 0.2) is 65.8 Å². The van der Waals surface area contributed by atoms with Gasteiger partial charge in [0, 0.05) is 34.8 Å². The summed E-state index contributed by atoms with van der Waals surface area (Å²) in [7, 11) is -3.98. The average Bonchev–Trinajstić information content (AvgIpc) is 3.36. The van der Waals surface area contributed by atoms with Crippen LogP contribution in [0.4, 0.5) is 10.6 Å². The lowest BCUT2D eigenvalue weighted by Gasteiger charge is -2.42. The Morgan fingerprint density at radius 2 is 1.89 bits per heavy atom. The molecule has 0 saturated heterocycles. The normalized spacial score (nSPS) is 17.2. The minimum atomic E-state index is -3.98. The summed E-state index contributed by atoms with van der Waals surface area (Å²) in [5.74, 6) is 3.34. The van der Waals surface area contributed by atoms with E-state index < -0.39 is 21.7 Å². The molecule has 5 rings (SSSR count). The number of pyridine rings is 2. The molecule has 3 heterocycles. The number of hydrogen-bond donors (Lipinski definition) is 2. The molecule has 1 saturated carbocycles. The third-order valence-corrected chi connectivity index (χ3v) is 9.51. The van der Waals surface area contributed by atoms with E-state index in [2.05, 4.69) is 21.2 Å². The van der Waals surface area contributed by atoms with Gasteiger partial charge in [0.25, 0.3) is 10.0 Å². The second kappa shape index (κ2) is 12.4. The number of halogens is 1. The van der Waals surface area contributed by atoms with E-state index in [4.69, 9.17) is 22.8 Å². The minimum Gasteiger partial charge on any atom is -0.479 e. The monoisotopic (exact) mass is 635 g/mol. The van der Waals surface area contributed by atoms with Crippen LogP contribution in [0.1, 0.15) is 46.5 Å². The van der Waals surface area contributed by atoms with Crippen LogP contribution < -0.4 is 10.1 Å². The molecule has 0 radical (unpaired) electrons. The largest absolute Gasteiger partial charge is 0.479 e. The van der Waals surface area contributed by atoms with E-state index in [1.165, 1.54) is 24.5 Å². The number of rotatable bonds is 8. The summed E-state index contributed by atoms with van der Waals surface area (Å²) in [6, 6.07) is 13.3. The number of anilines is 1. The van der Waals surface area contributed by atoms with Crippen LogP contribution in [0, 0.1) is 12.3 Å². The van der Waals surface area contributed by atoms with Gasteiger partial charge in [0.2, 0.25) is 0 Å². The van der Waals surface area contributed by atoms with Crippen molar-refractivity contribution in [3.8, 4) is 29.2 Å². The molecule has 1 aliphatic rings. The number of hydrogen-bond acceptors (Lipinski definition) is 7. The summed E-state index contributed by atoms with van der Waals surface area (Å²) < 4.78 is 34.1. The fourth-order valence-electron chi connectivity index (χ4n) is 5.79. The first-order chi connectivity index (χ1) is 20.9. The van der Waals surface area contributed by atoms with Gasteiger partial charge in [-0.3, -0.25) is 0 Å². The number of terminal acetylenes is 1. The highest BCUT2D eigenvalue weighted by atomic mass is 35.5. The third kappa shape index (κ3) is 6.47. The second-order valence-electron chi connectivity index (χ2n) is 11.7. The van der Waals surface area contributed by atoms with Gasteiger partial charge in [0.05, 0.1) is 11.1 Å². The quantitative estimate of drug-likeness (QED) is 0.166. The van der Waals surface area contributed by atoms with E-state index in [-0.39, 0.29) is 34.4 Å². The first-order valence-electron chi connectivity index (χ1n) is 14.2. The summed E-state index contributed by atoms with van der Waals surface area (Å²) in [5, 5.41) is 14.0. The number of benzene rings is 1. The predicted octanol–water partition coefficient (Wildman–Crippen LogP) is 6.50. The Bertz CT molecular complexity index is 1820. The first-order valence-corrected chi connectivity index (χ1v) is 16.0. The topological polar surface area (TPSA) is 127 Å². The van der Waals surface area contributed by atoms with Crippen LogP contribution in [0.25, 0.3) is 22.2 Å². The number of nitrogens with zero attached hydrogens (tertiary/aromatic N) is 4. The number of amides is 1. The smallest absolute Gasteiger partial charge is 0.407 e. The zero-order valence-corrected chi connectivity index (χ0v) is 26.3. The zero-order chi connectivity index (χ0) is 31.6. The van der Waals surface area contributed by atoms with Crippen molar-refractivity contribution in [1.29, 1.82) is 0 Å². The van der Waals surface area contributed by atoms with Crippen molar-refractivity contribution in [2.75, 3.05) is 11.9 Å². The lowest BCUT2D eigenvalue weighted by Crippen LogP contribution is -2.52. The predicted molar refractivity (Wildman–Crippen MR) is 171 cm³/mol. The number of nitrogens with one attached hydrogen (secondary N) is 1. The molecule has 3 aromatic heterocycles. The summed E-state index contributed by atoms with van der Waals surface area (Å²) >= 11 is 6.50. The van der Waals surface area contributed by atoms with Gasteiger partial charge in [-0.1, -0.05) is 35.7 Å². The maximum Gasteiger partial charge on any atom is 0.407 e. The molecule has 230 valence electrons. The van der Waals surface area contributed by atoms with Crippen LogP contribution in [-0.4, -0.2) is 62.7 Å². The number of fused-ring (bicyclic) bond motifs is 1. The first kappa shape index (κ1) is 31.2. The standard InChI is InChI=1S/C32H34ClN5O5S/c1-5-15-43-24-18-26-27(20-37(30(26)34-19-24)44(41,42)25-9-7-6-8-10-25)21-16-28(33)36-29(17-21)35-22-11-13-23(14-12-22)38(31(39)40)32(2,3)4/h1,6-10,16-20,22-23H,11-15H2,2-4H3,(H,35,36)(H,39,40). The molecule has 2 N–H and O–H groups in total. The van der Waals surface area contributed by atoms with Gasteiger partial charge in [-0.25, -0.2) is 27.2 Å². The van der Waals surface area contributed by atoms with Gasteiger partial charge in [0.1, 0.15) is 23.3 Å². The number of carboxylic acid groups (broad SMARTS) is 1. The fourth-order valence-corrected chi connectivity index (χ4v) is 7.34. The zero-order valence-electron chi connectivity index (χ0n) is 24.7. The van der Waals surface area contributed by atoms with Gasteiger partial charge in [-0.05, 0) is 82.3 Å². The van der Waals surface area contributed by atoms with Crippen molar-refractivity contribution in [3.63, 3.8) is 0 Å². The number of carbonyl (C=O) groups is 1. The van der Waals surface area contributed by atoms with Crippen LogP contribution in [-0.2, 0) is 10.0 Å². The lowest BCUT2D eigenvalue weighted by atomic mass is 9.88. The minimum absolute atomic E-state index is 0.0307. The maximum absolute atomic E-state index is 13.7. The molecule has 1 amide bonds. The molecule has 1 fully saturated rings. The molecule has 44 heavy (non-hydrogen) atoms. The molecule has 12 heteroatoms. The summed E-state index contributed by atoms with van der Waals surface area (Å²) in [4.78, 5) is 22.6. The molecular formula is C32H34ClN5O5S. The molecule has 0 unspecified atom stereocenters. The molecule has 0 bridgehead atoms. The Kier molecular flexibility index (Phi) is 8.77. The van der Waals surface area contributed by atoms with Crippen LogP contribution in [0.2, 0.25) is 5.15 Å². The van der Waals surface area contributed by atoms with Crippen molar-refractivity contribution in [3.05, 3.63) is 66.1 Å². The van der Waals surface area contributed by atoms with Crippen LogP contribution in [0.3, 0.4) is 0 Å². The lowest BCUT2D eigenvalue weighted by molar-refractivity contribution is 0.0556. The van der Waals surface area contributed by atoms with Gasteiger partial charge in [-0.2, -0.15) is 0 Å². The van der Waals surface area contributed by atoms with Gasteiger partial charge < -0.3 is 20.1 Å². The Morgan fingerprint density at radius 3 is 2.52 bits per heavy atom. The van der Waals surface area contributed by atoms with E-state index in [0.717, 1.165) is 16.8 Å². The van der Waals surface area contributed by atoms with E-state index >= 15 is 0 Å². The van der Waals surface area contributed by atoms with Gasteiger partial charge >= 0.3 is 6.09 Å². The second-order valence-corrected chi connectivity index (χ2v) is 13.9. The maximum atomic E-state index is 13.7. The Morgan fingerprint density at radius 1 is 1.18 bits per heavy atom. The average molecular weight is 636 g/mol. The number of ether oxygens (including phenoxy) is 1. The molecular weight excluding hydrogens is 602 g/mol. The summed E-state index contributed by atoms with van der Waals surface area (Å²) in [6.07, 6.45) is 10.4. The van der Waals surface area contributed by atoms with Crippen molar-refractivity contribution in [2.45, 2.75) is 69.0 Å². The highest BCUT2D eigenvalue weighted by Crippen LogP contribution is 2.37. The van der Waals surface area contributed by atoms with Crippen molar-refractivity contribution in [2.24, 2.45) is 0 Å². The highest BCUT2D eigenvalue weighted by molar-refractivity contribution is 7.90. The van der Waals surface area contributed by atoms with Crippen molar-refractivity contribution in [1.82, 2.24) is 18.8 Å². The van der Waals surface area contributed by atoms with Gasteiger partial charge in [-0.15, -0.1) is 6.42 Å². The van der Waals surface area contributed by atoms with E-state index in [0.29, 0.717) is 40.9 Å². The molecule has 0 aliphatic heterocycles. The van der Waals surface area contributed by atoms with E-state index in [1.54, 1.807) is 35.2 Å². The van der Waals surface area contributed by atoms with Crippen molar-refractivity contribution >= 4 is 44.6 Å². The molecule has 1 aliphatic carbocycles. The van der Waals surface area contributed by atoms with Gasteiger partial charge in [0.15, 0.2) is 5.65 Å². The molecule has 0 spiro atoms. The fraction of sp³-hybridized carbons (Fsp3) is 0.344. The van der Waals surface area contributed by atoms with Crippen LogP contribution >= 0.6 is 11.6 Å². The Labute approximate surface area is 262 Å². The van der Waals surface area contributed by atoms with E-state index in [1.807, 2.05) is 26.8 Å².